The van der Waals surface area contributed by atoms with E-state index in [0.29, 0.717) is 18.2 Å². The highest BCUT2D eigenvalue weighted by Crippen LogP contribution is 2.22. The predicted octanol–water partition coefficient (Wildman–Crippen LogP) is 2.45. The fourth-order valence-electron chi connectivity index (χ4n) is 2.73. The highest BCUT2D eigenvalue weighted by Gasteiger charge is 2.23. The maximum Gasteiger partial charge on any atom is 0.260 e. The lowest BCUT2D eigenvalue weighted by atomic mass is 10.2. The van der Waals surface area contributed by atoms with Crippen molar-refractivity contribution < 1.29 is 17.9 Å². The van der Waals surface area contributed by atoms with E-state index in [-0.39, 0.29) is 16.8 Å². The SMILES string of the molecule is CC(C)CNC(=O)[C@H](C)Oc1ccc(S(=O)(=O)NC2CCCC2)cc1. The Morgan fingerprint density at radius 1 is 1.16 bits per heavy atom. The van der Waals surface area contributed by atoms with E-state index in [1.54, 1.807) is 19.1 Å². The molecule has 140 valence electrons. The van der Waals surface area contributed by atoms with Gasteiger partial charge in [0.05, 0.1) is 4.90 Å². The summed E-state index contributed by atoms with van der Waals surface area (Å²) in [7, 11) is -3.51. The van der Waals surface area contributed by atoms with Gasteiger partial charge in [0.15, 0.2) is 6.10 Å². The van der Waals surface area contributed by atoms with Crippen molar-refractivity contribution in [2.75, 3.05) is 6.54 Å². The van der Waals surface area contributed by atoms with Gasteiger partial charge in [-0.15, -0.1) is 0 Å². The average molecular weight is 368 g/mol. The Labute approximate surface area is 150 Å². The largest absolute Gasteiger partial charge is 0.481 e. The Bertz CT molecular complexity index is 665. The van der Waals surface area contributed by atoms with Crippen molar-refractivity contribution in [3.63, 3.8) is 0 Å². The van der Waals surface area contributed by atoms with E-state index in [4.69, 9.17) is 4.74 Å². The van der Waals surface area contributed by atoms with Crippen LogP contribution in [0.4, 0.5) is 0 Å². The molecule has 0 unspecified atom stereocenters. The third-order valence-electron chi connectivity index (χ3n) is 4.18. The van der Waals surface area contributed by atoms with E-state index >= 15 is 0 Å². The lowest BCUT2D eigenvalue weighted by molar-refractivity contribution is -0.127. The summed E-state index contributed by atoms with van der Waals surface area (Å²) in [5.41, 5.74) is 0. The average Bonchev–Trinajstić information content (AvgIpc) is 3.05. The van der Waals surface area contributed by atoms with Gasteiger partial charge in [0.1, 0.15) is 5.75 Å². The molecule has 0 aromatic heterocycles. The summed E-state index contributed by atoms with van der Waals surface area (Å²) in [6, 6.07) is 6.20. The van der Waals surface area contributed by atoms with Gasteiger partial charge < -0.3 is 10.1 Å². The summed E-state index contributed by atoms with van der Waals surface area (Å²) in [5.74, 6) is 0.647. The van der Waals surface area contributed by atoms with E-state index in [1.807, 2.05) is 13.8 Å². The van der Waals surface area contributed by atoms with Crippen LogP contribution < -0.4 is 14.8 Å². The Morgan fingerprint density at radius 2 is 1.76 bits per heavy atom. The molecular weight excluding hydrogens is 340 g/mol. The second-order valence-electron chi connectivity index (χ2n) is 6.97. The van der Waals surface area contributed by atoms with E-state index in [1.165, 1.54) is 12.1 Å². The molecule has 2 N–H and O–H groups in total. The van der Waals surface area contributed by atoms with Gasteiger partial charge in [0, 0.05) is 12.6 Å². The number of nitrogens with one attached hydrogen (secondary N) is 2. The van der Waals surface area contributed by atoms with Crippen LogP contribution in [0.5, 0.6) is 5.75 Å². The zero-order valence-corrected chi connectivity index (χ0v) is 15.9. The van der Waals surface area contributed by atoms with Crippen LogP contribution in [0, 0.1) is 5.92 Å². The van der Waals surface area contributed by atoms with Gasteiger partial charge in [-0.25, -0.2) is 13.1 Å². The monoisotopic (exact) mass is 368 g/mol. The number of hydrogen-bond acceptors (Lipinski definition) is 4. The first-order chi connectivity index (χ1) is 11.8. The van der Waals surface area contributed by atoms with Gasteiger partial charge in [0.25, 0.3) is 5.91 Å². The summed E-state index contributed by atoms with van der Waals surface area (Å²) in [6.07, 6.45) is 3.28. The molecule has 1 atom stereocenters. The second-order valence-corrected chi connectivity index (χ2v) is 8.69. The zero-order chi connectivity index (χ0) is 18.4. The number of carbonyl (C=O) groups excluding carboxylic acids is 1. The second kappa shape index (κ2) is 8.67. The van der Waals surface area contributed by atoms with Crippen LogP contribution in [0.2, 0.25) is 0 Å². The van der Waals surface area contributed by atoms with Gasteiger partial charge in [0.2, 0.25) is 10.0 Å². The molecule has 0 aliphatic heterocycles. The van der Waals surface area contributed by atoms with Gasteiger partial charge in [-0.1, -0.05) is 26.7 Å². The molecule has 0 radical (unpaired) electrons. The van der Waals surface area contributed by atoms with Crippen molar-refractivity contribution in [3.8, 4) is 5.75 Å². The summed E-state index contributed by atoms with van der Waals surface area (Å²) in [4.78, 5) is 12.1. The maximum absolute atomic E-state index is 12.4. The Kier molecular flexibility index (Phi) is 6.84. The number of amides is 1. The number of sulfonamides is 1. The molecule has 1 aromatic rings. The summed E-state index contributed by atoms with van der Waals surface area (Å²) < 4.78 is 33.1. The fraction of sp³-hybridized carbons (Fsp3) is 0.611. The molecular formula is C18H28N2O4S. The number of hydrogen-bond donors (Lipinski definition) is 2. The Morgan fingerprint density at radius 3 is 2.32 bits per heavy atom. The fourth-order valence-corrected chi connectivity index (χ4v) is 4.04. The van der Waals surface area contributed by atoms with Gasteiger partial charge in [-0.2, -0.15) is 0 Å². The van der Waals surface area contributed by atoms with Crippen molar-refractivity contribution in [1.29, 1.82) is 0 Å². The van der Waals surface area contributed by atoms with Crippen LogP contribution in [-0.4, -0.2) is 33.0 Å². The van der Waals surface area contributed by atoms with Crippen molar-refractivity contribution >= 4 is 15.9 Å². The molecule has 1 fully saturated rings. The molecule has 0 heterocycles. The molecule has 0 bridgehead atoms. The van der Waals surface area contributed by atoms with Crippen molar-refractivity contribution in [2.24, 2.45) is 5.92 Å². The van der Waals surface area contributed by atoms with Crippen LogP contribution in [0.3, 0.4) is 0 Å². The smallest absolute Gasteiger partial charge is 0.260 e. The molecule has 7 heteroatoms. The molecule has 1 aliphatic carbocycles. The zero-order valence-electron chi connectivity index (χ0n) is 15.1. The summed E-state index contributed by atoms with van der Waals surface area (Å²) in [6.45, 7) is 6.30. The van der Waals surface area contributed by atoms with E-state index in [0.717, 1.165) is 25.7 Å². The van der Waals surface area contributed by atoms with Gasteiger partial charge in [-0.3, -0.25) is 4.79 Å². The van der Waals surface area contributed by atoms with Crippen LogP contribution in [0.15, 0.2) is 29.2 Å². The van der Waals surface area contributed by atoms with Crippen LogP contribution in [-0.2, 0) is 14.8 Å². The van der Waals surface area contributed by atoms with Crippen LogP contribution in [0.1, 0.15) is 46.5 Å². The summed E-state index contributed by atoms with van der Waals surface area (Å²) in [5, 5.41) is 2.81. The Hall–Kier alpha value is -1.60. The molecule has 1 aromatic carbocycles. The molecule has 6 nitrogen and oxygen atoms in total. The minimum absolute atomic E-state index is 0.0330. The van der Waals surface area contributed by atoms with E-state index in [9.17, 15) is 13.2 Å². The van der Waals surface area contributed by atoms with Crippen molar-refractivity contribution in [3.05, 3.63) is 24.3 Å². The highest BCUT2D eigenvalue weighted by atomic mass is 32.2. The maximum atomic E-state index is 12.4. The van der Waals surface area contributed by atoms with Gasteiger partial charge >= 0.3 is 0 Å². The van der Waals surface area contributed by atoms with Gasteiger partial charge in [-0.05, 0) is 49.9 Å². The number of benzene rings is 1. The normalized spacial score (nSPS) is 16.8. The van der Waals surface area contributed by atoms with Crippen LogP contribution in [0.25, 0.3) is 0 Å². The molecule has 2 rings (SSSR count). The quantitative estimate of drug-likeness (QED) is 0.738. The first-order valence-corrected chi connectivity index (χ1v) is 10.3. The van der Waals surface area contributed by atoms with Crippen molar-refractivity contribution in [2.45, 2.75) is 63.5 Å². The highest BCUT2D eigenvalue weighted by molar-refractivity contribution is 7.89. The third-order valence-corrected chi connectivity index (χ3v) is 5.71. The third kappa shape index (κ3) is 6.01. The topological polar surface area (TPSA) is 84.5 Å². The number of rotatable bonds is 8. The minimum atomic E-state index is -3.51. The van der Waals surface area contributed by atoms with E-state index in [2.05, 4.69) is 10.0 Å². The number of carbonyl (C=O) groups is 1. The predicted molar refractivity (Wildman–Crippen MR) is 97.0 cm³/mol. The van der Waals surface area contributed by atoms with E-state index < -0.39 is 16.1 Å². The lowest BCUT2D eigenvalue weighted by Crippen LogP contribution is -2.38. The Balaban J connectivity index is 1.93. The first kappa shape index (κ1) is 19.7. The minimum Gasteiger partial charge on any atom is -0.481 e. The molecule has 0 spiro atoms. The summed E-state index contributed by atoms with van der Waals surface area (Å²) >= 11 is 0. The molecule has 1 aliphatic rings. The lowest BCUT2D eigenvalue weighted by Gasteiger charge is -2.16. The molecule has 25 heavy (non-hydrogen) atoms. The number of ether oxygens (including phenoxy) is 1. The van der Waals surface area contributed by atoms with Crippen molar-refractivity contribution in [1.82, 2.24) is 10.0 Å². The standard InChI is InChI=1S/C18H28N2O4S/c1-13(2)12-19-18(21)14(3)24-16-8-10-17(11-9-16)25(22,23)20-15-6-4-5-7-15/h8-11,13-15,20H,4-7,12H2,1-3H3,(H,19,21)/t14-/m0/s1. The van der Waals surface area contributed by atoms with Crippen LogP contribution >= 0.6 is 0 Å². The first-order valence-electron chi connectivity index (χ1n) is 8.84. The molecule has 1 saturated carbocycles. The molecule has 1 amide bonds. The molecule has 0 saturated heterocycles.